The Bertz CT molecular complexity index is 690. The minimum atomic E-state index is -0.167. The Morgan fingerprint density at radius 2 is 2.04 bits per heavy atom. The maximum absolute atomic E-state index is 11.8. The Morgan fingerprint density at radius 3 is 2.65 bits per heavy atom. The molecule has 0 radical (unpaired) electrons. The zero-order chi connectivity index (χ0) is 18.5. The predicted molar refractivity (Wildman–Crippen MR) is 95.9 cm³/mol. The van der Waals surface area contributed by atoms with Crippen LogP contribution in [-0.2, 0) is 0 Å². The quantitative estimate of drug-likeness (QED) is 0.806. The van der Waals surface area contributed by atoms with Gasteiger partial charge in [0.15, 0.2) is 11.6 Å². The molecule has 8 nitrogen and oxygen atoms in total. The van der Waals surface area contributed by atoms with Crippen molar-refractivity contribution in [3.05, 3.63) is 35.9 Å². The van der Waals surface area contributed by atoms with E-state index in [1.165, 1.54) is 6.26 Å². The number of nitrogens with one attached hydrogen (secondary N) is 1. The molecule has 3 heterocycles. The highest BCUT2D eigenvalue weighted by molar-refractivity contribution is 5.91. The SMILES string of the molecule is CC(C)c1noc([C@H](C)N2CCN(CCNC(=O)c3ccco3)CC2)n1. The lowest BCUT2D eigenvalue weighted by Gasteiger charge is -2.36. The van der Waals surface area contributed by atoms with Gasteiger partial charge < -0.3 is 14.3 Å². The predicted octanol–water partition coefficient (Wildman–Crippen LogP) is 1.89. The average molecular weight is 361 g/mol. The number of amides is 1. The number of furan rings is 1. The molecular weight excluding hydrogens is 334 g/mol. The van der Waals surface area contributed by atoms with E-state index in [0.29, 0.717) is 18.2 Å². The first kappa shape index (κ1) is 18.6. The molecule has 0 bridgehead atoms. The second kappa shape index (κ2) is 8.46. The zero-order valence-electron chi connectivity index (χ0n) is 15.6. The van der Waals surface area contributed by atoms with E-state index in [4.69, 9.17) is 8.94 Å². The van der Waals surface area contributed by atoms with E-state index in [1.54, 1.807) is 12.1 Å². The molecule has 1 atom stereocenters. The second-order valence-electron chi connectivity index (χ2n) is 6.93. The lowest BCUT2D eigenvalue weighted by atomic mass is 10.2. The molecule has 0 saturated carbocycles. The molecule has 26 heavy (non-hydrogen) atoms. The molecule has 1 N–H and O–H groups in total. The lowest BCUT2D eigenvalue weighted by molar-refractivity contribution is 0.0838. The third-order valence-electron chi connectivity index (χ3n) is 4.74. The van der Waals surface area contributed by atoms with E-state index in [0.717, 1.165) is 38.5 Å². The second-order valence-corrected chi connectivity index (χ2v) is 6.93. The summed E-state index contributed by atoms with van der Waals surface area (Å²) in [5.41, 5.74) is 0. The highest BCUT2D eigenvalue weighted by Crippen LogP contribution is 2.21. The third-order valence-corrected chi connectivity index (χ3v) is 4.74. The van der Waals surface area contributed by atoms with E-state index in [-0.39, 0.29) is 17.9 Å². The van der Waals surface area contributed by atoms with Crippen molar-refractivity contribution < 1.29 is 13.7 Å². The first-order chi connectivity index (χ1) is 12.5. The van der Waals surface area contributed by atoms with Gasteiger partial charge in [-0.05, 0) is 19.1 Å². The number of carbonyl (C=O) groups is 1. The molecule has 0 aromatic carbocycles. The van der Waals surface area contributed by atoms with Gasteiger partial charge >= 0.3 is 0 Å². The van der Waals surface area contributed by atoms with Crippen LogP contribution in [0.15, 0.2) is 27.3 Å². The molecule has 2 aromatic rings. The normalized spacial score (nSPS) is 17.5. The van der Waals surface area contributed by atoms with Crippen molar-refractivity contribution in [3.63, 3.8) is 0 Å². The molecule has 1 amide bonds. The van der Waals surface area contributed by atoms with Gasteiger partial charge in [0.25, 0.3) is 5.91 Å². The van der Waals surface area contributed by atoms with Crippen LogP contribution in [-0.4, -0.2) is 65.1 Å². The van der Waals surface area contributed by atoms with E-state index in [1.807, 2.05) is 0 Å². The monoisotopic (exact) mass is 361 g/mol. The summed E-state index contributed by atoms with van der Waals surface area (Å²) in [5.74, 6) is 1.90. The molecule has 0 spiro atoms. The third kappa shape index (κ3) is 4.50. The van der Waals surface area contributed by atoms with Crippen LogP contribution in [0.5, 0.6) is 0 Å². The molecule has 1 fully saturated rings. The first-order valence-electron chi connectivity index (χ1n) is 9.16. The van der Waals surface area contributed by atoms with E-state index in [9.17, 15) is 4.79 Å². The van der Waals surface area contributed by atoms with Gasteiger partial charge in [0.2, 0.25) is 5.89 Å². The maximum Gasteiger partial charge on any atom is 0.287 e. The van der Waals surface area contributed by atoms with Crippen molar-refractivity contribution in [1.29, 1.82) is 0 Å². The van der Waals surface area contributed by atoms with Gasteiger partial charge in [0, 0.05) is 45.2 Å². The number of hydrogen-bond donors (Lipinski definition) is 1. The van der Waals surface area contributed by atoms with Crippen LogP contribution in [0, 0.1) is 0 Å². The standard InChI is InChI=1S/C18H27N5O3/c1-13(2)16-20-18(26-21-16)14(3)23-10-8-22(9-11-23)7-6-19-17(24)15-5-4-12-25-15/h4-5,12-14H,6-11H2,1-3H3,(H,19,24)/t14-/m0/s1. The van der Waals surface area contributed by atoms with Crippen LogP contribution in [0.2, 0.25) is 0 Å². The van der Waals surface area contributed by atoms with Crippen LogP contribution in [0.25, 0.3) is 0 Å². The molecule has 1 aliphatic heterocycles. The number of piperazine rings is 1. The molecular formula is C18H27N5O3. The Balaban J connectivity index is 1.40. The van der Waals surface area contributed by atoms with Gasteiger partial charge in [-0.2, -0.15) is 4.98 Å². The van der Waals surface area contributed by atoms with Gasteiger partial charge in [0.05, 0.1) is 12.3 Å². The number of rotatable bonds is 7. The molecule has 0 aliphatic carbocycles. The fourth-order valence-corrected chi connectivity index (χ4v) is 3.00. The van der Waals surface area contributed by atoms with Gasteiger partial charge in [0.1, 0.15) is 0 Å². The fourth-order valence-electron chi connectivity index (χ4n) is 3.00. The Kier molecular flexibility index (Phi) is 6.05. The van der Waals surface area contributed by atoms with Crippen molar-refractivity contribution >= 4 is 5.91 Å². The number of nitrogens with zero attached hydrogens (tertiary/aromatic N) is 4. The first-order valence-corrected chi connectivity index (χ1v) is 9.16. The van der Waals surface area contributed by atoms with Crippen molar-refractivity contribution in [2.45, 2.75) is 32.7 Å². The zero-order valence-corrected chi connectivity index (χ0v) is 15.6. The minimum Gasteiger partial charge on any atom is -0.459 e. The molecule has 2 aromatic heterocycles. The summed E-state index contributed by atoms with van der Waals surface area (Å²) in [6.07, 6.45) is 1.50. The summed E-state index contributed by atoms with van der Waals surface area (Å²) < 4.78 is 10.5. The topological polar surface area (TPSA) is 87.6 Å². The Labute approximate surface area is 153 Å². The van der Waals surface area contributed by atoms with Gasteiger partial charge in [-0.25, -0.2) is 0 Å². The van der Waals surface area contributed by atoms with Crippen molar-refractivity contribution in [1.82, 2.24) is 25.3 Å². The largest absolute Gasteiger partial charge is 0.459 e. The smallest absolute Gasteiger partial charge is 0.287 e. The summed E-state index contributed by atoms with van der Waals surface area (Å²) in [4.78, 5) is 21.1. The van der Waals surface area contributed by atoms with Gasteiger partial charge in [-0.1, -0.05) is 19.0 Å². The van der Waals surface area contributed by atoms with Crippen LogP contribution in [0.1, 0.15) is 55.0 Å². The van der Waals surface area contributed by atoms with Crippen LogP contribution in [0.3, 0.4) is 0 Å². The van der Waals surface area contributed by atoms with Gasteiger partial charge in [-0.3, -0.25) is 14.6 Å². The fraction of sp³-hybridized carbons (Fsp3) is 0.611. The van der Waals surface area contributed by atoms with Crippen molar-refractivity contribution in [2.75, 3.05) is 39.3 Å². The number of aromatic nitrogens is 2. The molecule has 0 unspecified atom stereocenters. The number of hydrogen-bond acceptors (Lipinski definition) is 7. The van der Waals surface area contributed by atoms with Gasteiger partial charge in [-0.15, -0.1) is 0 Å². The molecule has 142 valence electrons. The summed E-state index contributed by atoms with van der Waals surface area (Å²) in [6.45, 7) is 11.4. The highest BCUT2D eigenvalue weighted by Gasteiger charge is 2.26. The van der Waals surface area contributed by atoms with Crippen LogP contribution >= 0.6 is 0 Å². The molecule has 1 saturated heterocycles. The van der Waals surface area contributed by atoms with E-state index < -0.39 is 0 Å². The van der Waals surface area contributed by atoms with E-state index >= 15 is 0 Å². The van der Waals surface area contributed by atoms with E-state index in [2.05, 4.69) is 46.0 Å². The summed E-state index contributed by atoms with van der Waals surface area (Å²) >= 11 is 0. The van der Waals surface area contributed by atoms with Crippen LogP contribution < -0.4 is 5.32 Å². The molecule has 3 rings (SSSR count). The van der Waals surface area contributed by atoms with Crippen molar-refractivity contribution in [2.24, 2.45) is 0 Å². The summed E-state index contributed by atoms with van der Waals surface area (Å²) in [7, 11) is 0. The number of carbonyl (C=O) groups excluding carboxylic acids is 1. The summed E-state index contributed by atoms with van der Waals surface area (Å²) in [5, 5.41) is 6.94. The Hall–Kier alpha value is -2.19. The molecule has 8 heteroatoms. The summed E-state index contributed by atoms with van der Waals surface area (Å²) in [6, 6.07) is 3.50. The maximum atomic E-state index is 11.8. The average Bonchev–Trinajstić information content (AvgIpc) is 3.33. The Morgan fingerprint density at radius 1 is 1.27 bits per heavy atom. The lowest BCUT2D eigenvalue weighted by Crippen LogP contribution is -2.49. The van der Waals surface area contributed by atoms with Crippen LogP contribution in [0.4, 0.5) is 0 Å². The highest BCUT2D eigenvalue weighted by atomic mass is 16.5. The van der Waals surface area contributed by atoms with Crippen molar-refractivity contribution in [3.8, 4) is 0 Å². The molecule has 1 aliphatic rings. The minimum absolute atomic E-state index is 0.121.